The van der Waals surface area contributed by atoms with E-state index in [1.807, 2.05) is 0 Å². The molecule has 7 heteroatoms. The Kier molecular flexibility index (Phi) is 3.11. The number of ether oxygens (including phenoxy) is 1. The van der Waals surface area contributed by atoms with Crippen LogP contribution in [0.3, 0.4) is 0 Å². The second kappa shape index (κ2) is 5.06. The normalized spacial score (nSPS) is 37.2. The summed E-state index contributed by atoms with van der Waals surface area (Å²) in [7, 11) is 0. The molecule has 1 aromatic rings. The first-order valence-corrected chi connectivity index (χ1v) is 9.29. The number of amides is 1. The predicted molar refractivity (Wildman–Crippen MR) is 92.8 cm³/mol. The minimum Gasteiger partial charge on any atom is -0.384 e. The van der Waals surface area contributed by atoms with Crippen LogP contribution in [0.15, 0.2) is 12.3 Å². The fourth-order valence-electron chi connectivity index (χ4n) is 4.97. The number of hydrogen-bond donors (Lipinski definition) is 2. The van der Waals surface area contributed by atoms with Crippen molar-refractivity contribution in [3.63, 3.8) is 0 Å². The molecule has 1 aliphatic carbocycles. The highest BCUT2D eigenvalue weighted by molar-refractivity contribution is 5.84. The molecule has 3 aliphatic heterocycles. The van der Waals surface area contributed by atoms with Crippen molar-refractivity contribution < 1.29 is 9.53 Å². The molecule has 3 saturated heterocycles. The number of carbonyl (C=O) groups is 1. The first-order chi connectivity index (χ1) is 12.0. The first-order valence-electron chi connectivity index (χ1n) is 9.29. The Labute approximate surface area is 147 Å². The van der Waals surface area contributed by atoms with Crippen LogP contribution in [0.4, 0.5) is 11.8 Å². The predicted octanol–water partition coefficient (Wildman–Crippen LogP) is 0.959. The van der Waals surface area contributed by atoms with Crippen LogP contribution in [0, 0.1) is 17.3 Å². The number of aromatic nitrogens is 2. The molecule has 1 saturated carbocycles. The van der Waals surface area contributed by atoms with Gasteiger partial charge in [-0.3, -0.25) is 4.79 Å². The summed E-state index contributed by atoms with van der Waals surface area (Å²) in [5.74, 6) is 2.18. The minimum absolute atomic E-state index is 0.0997. The summed E-state index contributed by atoms with van der Waals surface area (Å²) in [5, 5.41) is 3.20. The highest BCUT2D eigenvalue weighted by Crippen LogP contribution is 2.55. The maximum Gasteiger partial charge on any atom is 0.227 e. The molecule has 0 unspecified atom stereocenters. The number of fused-ring (bicyclic) bond motifs is 1. The molecule has 2 bridgehead atoms. The van der Waals surface area contributed by atoms with Crippen LogP contribution < -0.4 is 16.0 Å². The van der Waals surface area contributed by atoms with E-state index >= 15 is 0 Å². The van der Waals surface area contributed by atoms with Gasteiger partial charge in [-0.1, -0.05) is 6.92 Å². The number of nitrogens with one attached hydrogen (secondary N) is 1. The molecular formula is C18H25N5O2. The molecule has 4 fully saturated rings. The average molecular weight is 343 g/mol. The van der Waals surface area contributed by atoms with Gasteiger partial charge < -0.3 is 20.7 Å². The van der Waals surface area contributed by atoms with E-state index in [1.54, 1.807) is 12.3 Å². The lowest BCUT2D eigenvalue weighted by molar-refractivity contribution is -0.126. The van der Waals surface area contributed by atoms with Gasteiger partial charge in [-0.2, -0.15) is 4.98 Å². The van der Waals surface area contributed by atoms with E-state index in [0.717, 1.165) is 45.3 Å². The molecule has 5 rings (SSSR count). The van der Waals surface area contributed by atoms with Crippen molar-refractivity contribution in [2.75, 3.05) is 30.3 Å². The monoisotopic (exact) mass is 343 g/mol. The molecule has 4 heterocycles. The highest BCUT2D eigenvalue weighted by atomic mass is 16.5. The third kappa shape index (κ3) is 2.32. The number of rotatable bonds is 4. The first kappa shape index (κ1) is 15.4. The molecule has 4 aliphatic rings. The zero-order valence-corrected chi connectivity index (χ0v) is 14.6. The number of hydrogen-bond acceptors (Lipinski definition) is 6. The Bertz CT molecular complexity index is 721. The summed E-state index contributed by atoms with van der Waals surface area (Å²) in [6.07, 6.45) is 6.18. The van der Waals surface area contributed by atoms with Gasteiger partial charge in [0.25, 0.3) is 0 Å². The SMILES string of the molecule is CC1(C(=O)NC[C@H]2[C@H]3CN(c4nccc(N)n4)C[C@]34CC[C@H]2O4)CC1. The Morgan fingerprint density at radius 3 is 3.08 bits per heavy atom. The van der Waals surface area contributed by atoms with Gasteiger partial charge >= 0.3 is 0 Å². The van der Waals surface area contributed by atoms with Crippen molar-refractivity contribution in [2.24, 2.45) is 17.3 Å². The molecule has 1 amide bonds. The lowest BCUT2D eigenvalue weighted by Crippen LogP contribution is -2.43. The van der Waals surface area contributed by atoms with Crippen molar-refractivity contribution in [1.29, 1.82) is 0 Å². The van der Waals surface area contributed by atoms with Gasteiger partial charge in [-0.15, -0.1) is 0 Å². The Hall–Kier alpha value is -1.89. The van der Waals surface area contributed by atoms with Crippen molar-refractivity contribution >= 4 is 17.7 Å². The average Bonchev–Trinajstić information content (AvgIpc) is 2.96. The van der Waals surface area contributed by atoms with Crippen LogP contribution >= 0.6 is 0 Å². The summed E-state index contributed by atoms with van der Waals surface area (Å²) in [6, 6.07) is 1.71. The summed E-state index contributed by atoms with van der Waals surface area (Å²) in [6.45, 7) is 4.46. The van der Waals surface area contributed by atoms with E-state index < -0.39 is 0 Å². The molecule has 0 aromatic carbocycles. The van der Waals surface area contributed by atoms with Crippen LogP contribution in [-0.4, -0.2) is 47.2 Å². The summed E-state index contributed by atoms with van der Waals surface area (Å²) < 4.78 is 6.43. The van der Waals surface area contributed by atoms with E-state index in [0.29, 0.717) is 23.6 Å². The number of nitrogens with zero attached hydrogens (tertiary/aromatic N) is 3. The number of nitrogen functional groups attached to an aromatic ring is 1. The second-order valence-electron chi connectivity index (χ2n) is 8.46. The van der Waals surface area contributed by atoms with Gasteiger partial charge in [0.05, 0.1) is 18.2 Å². The fourth-order valence-corrected chi connectivity index (χ4v) is 4.97. The Morgan fingerprint density at radius 2 is 2.32 bits per heavy atom. The molecular weight excluding hydrogens is 318 g/mol. The summed E-state index contributed by atoms with van der Waals surface area (Å²) >= 11 is 0. The molecule has 1 aromatic heterocycles. The molecule has 25 heavy (non-hydrogen) atoms. The number of anilines is 2. The van der Waals surface area contributed by atoms with E-state index in [4.69, 9.17) is 10.5 Å². The van der Waals surface area contributed by atoms with E-state index in [-0.39, 0.29) is 23.0 Å². The summed E-state index contributed by atoms with van der Waals surface area (Å²) in [4.78, 5) is 23.2. The quantitative estimate of drug-likeness (QED) is 0.846. The molecule has 4 atom stereocenters. The molecule has 134 valence electrons. The lowest BCUT2D eigenvalue weighted by Gasteiger charge is -2.29. The third-order valence-electron chi connectivity index (χ3n) is 6.78. The van der Waals surface area contributed by atoms with E-state index in [1.165, 1.54) is 0 Å². The van der Waals surface area contributed by atoms with E-state index in [2.05, 4.69) is 27.1 Å². The maximum absolute atomic E-state index is 12.3. The van der Waals surface area contributed by atoms with Gasteiger partial charge in [0.2, 0.25) is 11.9 Å². The number of carbonyl (C=O) groups excluding carboxylic acids is 1. The molecule has 7 nitrogen and oxygen atoms in total. The van der Waals surface area contributed by atoms with Crippen LogP contribution in [0.1, 0.15) is 32.6 Å². The zero-order valence-electron chi connectivity index (χ0n) is 14.6. The molecule has 0 radical (unpaired) electrons. The van der Waals surface area contributed by atoms with Crippen LogP contribution in [-0.2, 0) is 9.53 Å². The van der Waals surface area contributed by atoms with Crippen molar-refractivity contribution in [1.82, 2.24) is 15.3 Å². The van der Waals surface area contributed by atoms with Gasteiger partial charge in [0, 0.05) is 36.5 Å². The maximum atomic E-state index is 12.3. The van der Waals surface area contributed by atoms with Crippen molar-refractivity contribution in [3.05, 3.63) is 12.3 Å². The molecule has 1 spiro atoms. The highest BCUT2D eigenvalue weighted by Gasteiger charge is 2.63. The van der Waals surface area contributed by atoms with Crippen molar-refractivity contribution in [2.45, 2.75) is 44.3 Å². The third-order valence-corrected chi connectivity index (χ3v) is 6.78. The largest absolute Gasteiger partial charge is 0.384 e. The summed E-state index contributed by atoms with van der Waals surface area (Å²) in [5.41, 5.74) is 5.60. The Morgan fingerprint density at radius 1 is 1.48 bits per heavy atom. The zero-order chi connectivity index (χ0) is 17.2. The smallest absolute Gasteiger partial charge is 0.227 e. The van der Waals surface area contributed by atoms with Gasteiger partial charge in [0.15, 0.2) is 0 Å². The van der Waals surface area contributed by atoms with Crippen LogP contribution in [0.5, 0.6) is 0 Å². The lowest BCUT2D eigenvalue weighted by atomic mass is 9.73. The fraction of sp³-hybridized carbons (Fsp3) is 0.722. The van der Waals surface area contributed by atoms with Gasteiger partial charge in [0.1, 0.15) is 5.82 Å². The second-order valence-corrected chi connectivity index (χ2v) is 8.46. The van der Waals surface area contributed by atoms with E-state index in [9.17, 15) is 4.79 Å². The standard InChI is InChI=1S/C18H25N5O2/c1-17(5-6-17)15(24)21-8-11-12-9-23(16-20-7-3-14(19)22-16)10-18(12)4-2-13(11)25-18/h3,7,11-13H,2,4-6,8-10H2,1H3,(H,21,24)(H2,19,20,22)/t11-,12+,13+,18+/m0/s1. The van der Waals surface area contributed by atoms with Gasteiger partial charge in [-0.25, -0.2) is 4.98 Å². The van der Waals surface area contributed by atoms with Gasteiger partial charge in [-0.05, 0) is 31.7 Å². The van der Waals surface area contributed by atoms with Crippen molar-refractivity contribution in [3.8, 4) is 0 Å². The topological polar surface area (TPSA) is 93.4 Å². The van der Waals surface area contributed by atoms with Crippen LogP contribution in [0.2, 0.25) is 0 Å². The Balaban J connectivity index is 1.31. The van der Waals surface area contributed by atoms with Crippen LogP contribution in [0.25, 0.3) is 0 Å². The minimum atomic E-state index is -0.118. The number of nitrogens with two attached hydrogens (primary N) is 1. The molecule has 3 N–H and O–H groups in total.